The van der Waals surface area contributed by atoms with Crippen LogP contribution in [0.1, 0.15) is 23.8 Å². The molecule has 1 unspecified atom stereocenters. The SMILES string of the molecule is CCC(Cc1cccs1)NCc1c(Cl)cccc1Cl. The summed E-state index contributed by atoms with van der Waals surface area (Å²) in [4.78, 5) is 1.41. The molecule has 1 nitrogen and oxygen atoms in total. The maximum absolute atomic E-state index is 6.18. The van der Waals surface area contributed by atoms with Crippen LogP contribution in [0, 0.1) is 0 Å². The second-order valence-corrected chi connectivity index (χ2v) is 6.32. The molecule has 102 valence electrons. The van der Waals surface area contributed by atoms with E-state index in [2.05, 4.69) is 29.8 Å². The second kappa shape index (κ2) is 7.30. The van der Waals surface area contributed by atoms with Gasteiger partial charge >= 0.3 is 0 Å². The van der Waals surface area contributed by atoms with E-state index in [0.29, 0.717) is 12.6 Å². The molecule has 0 bridgehead atoms. The Hall–Kier alpha value is -0.540. The molecule has 0 saturated carbocycles. The van der Waals surface area contributed by atoms with Gasteiger partial charge in [0.2, 0.25) is 0 Å². The van der Waals surface area contributed by atoms with E-state index in [0.717, 1.165) is 28.5 Å². The van der Waals surface area contributed by atoms with E-state index in [1.54, 1.807) is 11.3 Å². The molecule has 0 spiro atoms. The molecule has 2 aromatic rings. The van der Waals surface area contributed by atoms with Crippen molar-refractivity contribution in [3.63, 3.8) is 0 Å². The Bertz CT molecular complexity index is 491. The van der Waals surface area contributed by atoms with E-state index < -0.39 is 0 Å². The molecule has 0 amide bonds. The van der Waals surface area contributed by atoms with Crippen LogP contribution in [0.25, 0.3) is 0 Å². The molecule has 0 aliphatic heterocycles. The first kappa shape index (κ1) is 14.9. The van der Waals surface area contributed by atoms with Gasteiger partial charge in [-0.2, -0.15) is 0 Å². The third-order valence-corrected chi connectivity index (χ3v) is 4.76. The highest BCUT2D eigenvalue weighted by Gasteiger charge is 2.10. The van der Waals surface area contributed by atoms with Gasteiger partial charge in [0, 0.05) is 33.1 Å². The van der Waals surface area contributed by atoms with Crippen molar-refractivity contribution < 1.29 is 0 Å². The minimum absolute atomic E-state index is 0.450. The van der Waals surface area contributed by atoms with Gasteiger partial charge in [-0.3, -0.25) is 0 Å². The molecule has 0 aliphatic carbocycles. The van der Waals surface area contributed by atoms with Gasteiger partial charge in [0.25, 0.3) is 0 Å². The zero-order valence-corrected chi connectivity index (χ0v) is 13.2. The first-order valence-electron chi connectivity index (χ1n) is 6.39. The van der Waals surface area contributed by atoms with Gasteiger partial charge in [0.1, 0.15) is 0 Å². The van der Waals surface area contributed by atoms with Gasteiger partial charge in [-0.25, -0.2) is 0 Å². The van der Waals surface area contributed by atoms with Gasteiger partial charge in [-0.1, -0.05) is 42.3 Å². The van der Waals surface area contributed by atoms with E-state index in [-0.39, 0.29) is 0 Å². The zero-order chi connectivity index (χ0) is 13.7. The number of halogens is 2. The summed E-state index contributed by atoms with van der Waals surface area (Å²) in [5.74, 6) is 0. The molecule has 0 fully saturated rings. The molecule has 0 saturated heterocycles. The monoisotopic (exact) mass is 313 g/mol. The molecule has 1 aromatic heterocycles. The average molecular weight is 314 g/mol. The summed E-state index contributed by atoms with van der Waals surface area (Å²) in [6.45, 7) is 2.90. The Balaban J connectivity index is 1.96. The fourth-order valence-corrected chi connectivity index (χ4v) is 3.30. The number of rotatable bonds is 6. The van der Waals surface area contributed by atoms with E-state index in [9.17, 15) is 0 Å². The van der Waals surface area contributed by atoms with Crippen LogP contribution in [0.2, 0.25) is 10.0 Å². The molecule has 4 heteroatoms. The Kier molecular flexibility index (Phi) is 5.71. The largest absolute Gasteiger partial charge is 0.309 e. The topological polar surface area (TPSA) is 12.0 Å². The summed E-state index contributed by atoms with van der Waals surface area (Å²) >= 11 is 14.2. The fraction of sp³-hybridized carbons (Fsp3) is 0.333. The number of hydrogen-bond acceptors (Lipinski definition) is 2. The third kappa shape index (κ3) is 4.22. The first-order chi connectivity index (χ1) is 9.20. The average Bonchev–Trinajstić information content (AvgIpc) is 2.89. The lowest BCUT2D eigenvalue weighted by Gasteiger charge is -2.17. The van der Waals surface area contributed by atoms with Gasteiger partial charge in [0.15, 0.2) is 0 Å². The summed E-state index contributed by atoms with van der Waals surface area (Å²) in [6, 6.07) is 10.4. The zero-order valence-electron chi connectivity index (χ0n) is 10.8. The standard InChI is InChI=1S/C15H17Cl2NS/c1-2-11(9-12-5-4-8-19-12)18-10-13-14(16)6-3-7-15(13)17/h3-8,11,18H,2,9-10H2,1H3. The first-order valence-corrected chi connectivity index (χ1v) is 8.03. The van der Waals surface area contributed by atoms with E-state index >= 15 is 0 Å². The minimum Gasteiger partial charge on any atom is -0.309 e. The van der Waals surface area contributed by atoms with Crippen molar-refractivity contribution in [2.75, 3.05) is 0 Å². The molecule has 19 heavy (non-hydrogen) atoms. The molecule has 2 rings (SSSR count). The van der Waals surface area contributed by atoms with E-state index in [1.807, 2.05) is 18.2 Å². The number of benzene rings is 1. The van der Waals surface area contributed by atoms with Crippen molar-refractivity contribution in [2.45, 2.75) is 32.4 Å². The maximum atomic E-state index is 6.18. The molecular weight excluding hydrogens is 297 g/mol. The van der Waals surface area contributed by atoms with Crippen LogP contribution >= 0.6 is 34.5 Å². The predicted molar refractivity (Wildman–Crippen MR) is 85.4 cm³/mol. The lowest BCUT2D eigenvalue weighted by atomic mass is 10.1. The van der Waals surface area contributed by atoms with Crippen LogP contribution in [0.15, 0.2) is 35.7 Å². The lowest BCUT2D eigenvalue weighted by Crippen LogP contribution is -2.30. The molecule has 0 radical (unpaired) electrons. The Morgan fingerprint density at radius 2 is 1.89 bits per heavy atom. The summed E-state index contributed by atoms with van der Waals surface area (Å²) in [5, 5.41) is 7.12. The highest BCUT2D eigenvalue weighted by molar-refractivity contribution is 7.09. The van der Waals surface area contributed by atoms with Gasteiger partial charge < -0.3 is 5.32 Å². The molecule has 1 atom stereocenters. The molecule has 0 aliphatic rings. The van der Waals surface area contributed by atoms with Crippen LogP contribution in [0.3, 0.4) is 0 Å². The van der Waals surface area contributed by atoms with E-state index in [4.69, 9.17) is 23.2 Å². The summed E-state index contributed by atoms with van der Waals surface area (Å²) in [5.41, 5.74) is 0.982. The smallest absolute Gasteiger partial charge is 0.0465 e. The number of nitrogens with one attached hydrogen (secondary N) is 1. The second-order valence-electron chi connectivity index (χ2n) is 4.47. The van der Waals surface area contributed by atoms with Crippen molar-refractivity contribution in [3.8, 4) is 0 Å². The van der Waals surface area contributed by atoms with Crippen LogP contribution in [-0.4, -0.2) is 6.04 Å². The van der Waals surface area contributed by atoms with Gasteiger partial charge in [-0.15, -0.1) is 11.3 Å². The Labute approximate surface area is 128 Å². The van der Waals surface area contributed by atoms with Crippen LogP contribution < -0.4 is 5.32 Å². The lowest BCUT2D eigenvalue weighted by molar-refractivity contribution is 0.497. The maximum Gasteiger partial charge on any atom is 0.0465 e. The highest BCUT2D eigenvalue weighted by Crippen LogP contribution is 2.24. The number of hydrogen-bond donors (Lipinski definition) is 1. The van der Waals surface area contributed by atoms with Crippen molar-refractivity contribution in [2.24, 2.45) is 0 Å². The van der Waals surface area contributed by atoms with Crippen LogP contribution in [0.5, 0.6) is 0 Å². The van der Waals surface area contributed by atoms with E-state index in [1.165, 1.54) is 4.88 Å². The van der Waals surface area contributed by atoms with Gasteiger partial charge in [0.05, 0.1) is 0 Å². The molecule has 1 aromatic carbocycles. The van der Waals surface area contributed by atoms with Crippen molar-refractivity contribution in [1.29, 1.82) is 0 Å². The third-order valence-electron chi connectivity index (χ3n) is 3.15. The summed E-state index contributed by atoms with van der Waals surface area (Å²) in [7, 11) is 0. The molecule has 1 heterocycles. The summed E-state index contributed by atoms with van der Waals surface area (Å²) < 4.78 is 0. The quantitative estimate of drug-likeness (QED) is 0.776. The van der Waals surface area contributed by atoms with Crippen molar-refractivity contribution in [1.82, 2.24) is 5.32 Å². The highest BCUT2D eigenvalue weighted by atomic mass is 35.5. The van der Waals surface area contributed by atoms with Crippen molar-refractivity contribution in [3.05, 3.63) is 56.2 Å². The Morgan fingerprint density at radius 1 is 1.16 bits per heavy atom. The van der Waals surface area contributed by atoms with Crippen LogP contribution in [-0.2, 0) is 13.0 Å². The fourth-order valence-electron chi connectivity index (χ4n) is 1.98. The predicted octanol–water partition coefficient (Wildman–Crippen LogP) is 5.17. The van der Waals surface area contributed by atoms with Crippen LogP contribution in [0.4, 0.5) is 0 Å². The summed E-state index contributed by atoms with van der Waals surface area (Å²) in [6.07, 6.45) is 2.14. The molecular formula is C15H17Cl2NS. The normalized spacial score (nSPS) is 12.6. The minimum atomic E-state index is 0.450. The number of thiophene rings is 1. The Morgan fingerprint density at radius 3 is 2.47 bits per heavy atom. The van der Waals surface area contributed by atoms with Gasteiger partial charge in [-0.05, 0) is 36.4 Å². The molecule has 1 N–H and O–H groups in total. The van der Waals surface area contributed by atoms with Crippen molar-refractivity contribution >= 4 is 34.5 Å².